The molecular formula is C16H20N4O. The van der Waals surface area contributed by atoms with Gasteiger partial charge < -0.3 is 10.6 Å². The van der Waals surface area contributed by atoms with Crippen LogP contribution in [0.2, 0.25) is 0 Å². The maximum atomic E-state index is 12.0. The molecule has 5 nitrogen and oxygen atoms in total. The normalized spacial score (nSPS) is 15.1. The number of aryl methyl sites for hydroxylation is 1. The second kappa shape index (κ2) is 5.99. The van der Waals surface area contributed by atoms with Crippen LogP contribution in [0.3, 0.4) is 0 Å². The van der Waals surface area contributed by atoms with Crippen molar-refractivity contribution in [2.75, 3.05) is 5.32 Å². The molecule has 1 fully saturated rings. The molecule has 0 saturated heterocycles. The lowest BCUT2D eigenvalue weighted by atomic mass is 10.1. The van der Waals surface area contributed by atoms with Crippen molar-refractivity contribution in [1.29, 1.82) is 0 Å². The molecule has 1 saturated carbocycles. The van der Waals surface area contributed by atoms with Crippen LogP contribution in [0.1, 0.15) is 31.4 Å². The van der Waals surface area contributed by atoms with Gasteiger partial charge in [0.15, 0.2) is 0 Å². The Balaban J connectivity index is 1.66. The number of urea groups is 1. The zero-order valence-corrected chi connectivity index (χ0v) is 12.1. The van der Waals surface area contributed by atoms with E-state index in [4.69, 9.17) is 0 Å². The van der Waals surface area contributed by atoms with Crippen molar-refractivity contribution < 1.29 is 4.79 Å². The summed E-state index contributed by atoms with van der Waals surface area (Å²) < 4.78 is 0. The van der Waals surface area contributed by atoms with Crippen LogP contribution in [0.25, 0.3) is 11.3 Å². The number of carbonyl (C=O) groups excluding carboxylic acids is 1. The van der Waals surface area contributed by atoms with Gasteiger partial charge in [0, 0.05) is 23.0 Å². The highest BCUT2D eigenvalue weighted by Gasteiger charge is 2.17. The summed E-state index contributed by atoms with van der Waals surface area (Å²) in [5.41, 5.74) is 3.66. The lowest BCUT2D eigenvalue weighted by Gasteiger charge is -2.13. The number of aromatic nitrogens is 2. The van der Waals surface area contributed by atoms with Crippen molar-refractivity contribution in [3.05, 3.63) is 36.0 Å². The van der Waals surface area contributed by atoms with Crippen LogP contribution in [0.15, 0.2) is 30.3 Å². The minimum Gasteiger partial charge on any atom is -0.335 e. The molecule has 0 unspecified atom stereocenters. The van der Waals surface area contributed by atoms with E-state index >= 15 is 0 Å². The van der Waals surface area contributed by atoms with Gasteiger partial charge in [0.2, 0.25) is 0 Å². The van der Waals surface area contributed by atoms with Crippen molar-refractivity contribution >= 4 is 11.7 Å². The number of benzene rings is 1. The molecule has 0 aliphatic heterocycles. The second-order valence-electron chi connectivity index (χ2n) is 5.60. The SMILES string of the molecule is Cc1cc(-c2cccc(NC(=O)NC3CCCC3)c2)n[nH]1. The monoisotopic (exact) mass is 284 g/mol. The van der Waals surface area contributed by atoms with Gasteiger partial charge in [-0.2, -0.15) is 5.10 Å². The highest BCUT2D eigenvalue weighted by Crippen LogP contribution is 2.22. The highest BCUT2D eigenvalue weighted by molar-refractivity contribution is 5.90. The Morgan fingerprint density at radius 2 is 2.10 bits per heavy atom. The number of amides is 2. The summed E-state index contributed by atoms with van der Waals surface area (Å²) >= 11 is 0. The van der Waals surface area contributed by atoms with Gasteiger partial charge >= 0.3 is 6.03 Å². The zero-order chi connectivity index (χ0) is 14.7. The van der Waals surface area contributed by atoms with E-state index in [-0.39, 0.29) is 6.03 Å². The van der Waals surface area contributed by atoms with E-state index in [0.717, 1.165) is 35.5 Å². The summed E-state index contributed by atoms with van der Waals surface area (Å²) in [6, 6.07) is 9.90. The number of hydrogen-bond donors (Lipinski definition) is 3. The molecule has 2 amide bonds. The lowest BCUT2D eigenvalue weighted by Crippen LogP contribution is -2.36. The van der Waals surface area contributed by atoms with Crippen LogP contribution in [0, 0.1) is 6.92 Å². The summed E-state index contributed by atoms with van der Waals surface area (Å²) in [4.78, 5) is 12.0. The molecule has 0 atom stereocenters. The molecule has 2 aromatic rings. The molecular weight excluding hydrogens is 264 g/mol. The van der Waals surface area contributed by atoms with E-state index in [1.165, 1.54) is 12.8 Å². The van der Waals surface area contributed by atoms with Crippen LogP contribution in [0.5, 0.6) is 0 Å². The molecule has 3 N–H and O–H groups in total. The van der Waals surface area contributed by atoms with Crippen molar-refractivity contribution in [3.8, 4) is 11.3 Å². The molecule has 1 aromatic heterocycles. The highest BCUT2D eigenvalue weighted by atomic mass is 16.2. The van der Waals surface area contributed by atoms with Gasteiger partial charge in [-0.25, -0.2) is 4.79 Å². The number of aromatic amines is 1. The Morgan fingerprint density at radius 1 is 1.29 bits per heavy atom. The number of H-pyrrole nitrogens is 1. The first-order valence-electron chi connectivity index (χ1n) is 7.41. The third-order valence-electron chi connectivity index (χ3n) is 3.81. The van der Waals surface area contributed by atoms with Crippen LogP contribution in [-0.2, 0) is 0 Å². The Morgan fingerprint density at radius 3 is 2.81 bits per heavy atom. The predicted molar refractivity (Wildman–Crippen MR) is 83.2 cm³/mol. The smallest absolute Gasteiger partial charge is 0.319 e. The lowest BCUT2D eigenvalue weighted by molar-refractivity contribution is 0.248. The van der Waals surface area contributed by atoms with Gasteiger partial charge in [-0.3, -0.25) is 5.10 Å². The van der Waals surface area contributed by atoms with Crippen LogP contribution < -0.4 is 10.6 Å². The fourth-order valence-electron chi connectivity index (χ4n) is 2.74. The van der Waals surface area contributed by atoms with E-state index in [1.807, 2.05) is 37.3 Å². The molecule has 1 aromatic carbocycles. The summed E-state index contributed by atoms with van der Waals surface area (Å²) in [5.74, 6) is 0. The summed E-state index contributed by atoms with van der Waals surface area (Å²) in [5, 5.41) is 13.1. The van der Waals surface area contributed by atoms with Gasteiger partial charge in [0.05, 0.1) is 5.69 Å². The topological polar surface area (TPSA) is 69.8 Å². The maximum absolute atomic E-state index is 12.0. The molecule has 21 heavy (non-hydrogen) atoms. The largest absolute Gasteiger partial charge is 0.335 e. The molecule has 0 bridgehead atoms. The first kappa shape index (κ1) is 13.7. The van der Waals surface area contributed by atoms with E-state index < -0.39 is 0 Å². The van der Waals surface area contributed by atoms with Gasteiger partial charge in [0.1, 0.15) is 0 Å². The Bertz CT molecular complexity index is 629. The van der Waals surface area contributed by atoms with Gasteiger partial charge in [-0.15, -0.1) is 0 Å². The Labute approximate surface area is 124 Å². The van der Waals surface area contributed by atoms with Crippen molar-refractivity contribution in [1.82, 2.24) is 15.5 Å². The first-order chi connectivity index (χ1) is 10.2. The Kier molecular flexibility index (Phi) is 3.90. The number of nitrogens with zero attached hydrogens (tertiary/aromatic N) is 1. The number of rotatable bonds is 3. The van der Waals surface area contributed by atoms with Crippen LogP contribution in [-0.4, -0.2) is 22.3 Å². The summed E-state index contributed by atoms with van der Waals surface area (Å²) in [7, 11) is 0. The van der Waals surface area contributed by atoms with Crippen LogP contribution >= 0.6 is 0 Å². The molecule has 1 aliphatic carbocycles. The molecule has 0 radical (unpaired) electrons. The summed E-state index contributed by atoms with van der Waals surface area (Å²) in [6.45, 7) is 1.97. The van der Waals surface area contributed by atoms with Crippen molar-refractivity contribution in [3.63, 3.8) is 0 Å². The molecule has 5 heteroatoms. The Hall–Kier alpha value is -2.30. The van der Waals surface area contributed by atoms with Gasteiger partial charge in [-0.05, 0) is 38.0 Å². The summed E-state index contributed by atoms with van der Waals surface area (Å²) in [6.07, 6.45) is 4.58. The van der Waals surface area contributed by atoms with E-state index in [1.54, 1.807) is 0 Å². The standard InChI is InChI=1S/C16H20N4O/c1-11-9-15(20-19-11)12-5-4-8-14(10-12)18-16(21)17-13-6-2-3-7-13/h4-5,8-10,13H,2-3,6-7H2,1H3,(H,19,20)(H2,17,18,21). The van der Waals surface area contributed by atoms with Crippen molar-refractivity contribution in [2.24, 2.45) is 0 Å². The van der Waals surface area contributed by atoms with Crippen LogP contribution in [0.4, 0.5) is 10.5 Å². The molecule has 1 heterocycles. The first-order valence-corrected chi connectivity index (χ1v) is 7.41. The fourth-order valence-corrected chi connectivity index (χ4v) is 2.74. The minimum absolute atomic E-state index is 0.128. The second-order valence-corrected chi connectivity index (χ2v) is 5.60. The van der Waals surface area contributed by atoms with Gasteiger partial charge in [-0.1, -0.05) is 25.0 Å². The third kappa shape index (κ3) is 3.42. The molecule has 110 valence electrons. The van der Waals surface area contributed by atoms with E-state index in [0.29, 0.717) is 6.04 Å². The number of anilines is 1. The fraction of sp³-hybridized carbons (Fsp3) is 0.375. The number of nitrogens with one attached hydrogen (secondary N) is 3. The number of carbonyl (C=O) groups is 1. The number of hydrogen-bond acceptors (Lipinski definition) is 2. The maximum Gasteiger partial charge on any atom is 0.319 e. The van der Waals surface area contributed by atoms with Gasteiger partial charge in [0.25, 0.3) is 0 Å². The van der Waals surface area contributed by atoms with E-state index in [9.17, 15) is 4.79 Å². The molecule has 1 aliphatic rings. The zero-order valence-electron chi connectivity index (χ0n) is 12.1. The van der Waals surface area contributed by atoms with E-state index in [2.05, 4.69) is 20.8 Å². The average molecular weight is 284 g/mol. The third-order valence-corrected chi connectivity index (χ3v) is 3.81. The quantitative estimate of drug-likeness (QED) is 0.808. The molecule has 0 spiro atoms. The predicted octanol–water partition coefficient (Wildman–Crippen LogP) is 3.45. The molecule has 3 rings (SSSR count). The van der Waals surface area contributed by atoms with Crippen molar-refractivity contribution in [2.45, 2.75) is 38.6 Å². The average Bonchev–Trinajstić information content (AvgIpc) is 3.10. The minimum atomic E-state index is -0.128.